The van der Waals surface area contributed by atoms with Gasteiger partial charge in [-0.05, 0) is 29.7 Å². The Labute approximate surface area is 118 Å². The number of nitrogens with zero attached hydrogens (tertiary/aromatic N) is 1. The first-order chi connectivity index (χ1) is 9.83. The summed E-state index contributed by atoms with van der Waals surface area (Å²) in [6, 6.07) is 16.5. The summed E-state index contributed by atoms with van der Waals surface area (Å²) >= 11 is 0. The van der Waals surface area contributed by atoms with Gasteiger partial charge in [0.1, 0.15) is 12.9 Å². The molecule has 0 saturated heterocycles. The first-order valence-electron chi connectivity index (χ1n) is 6.66. The molecule has 0 saturated carbocycles. The monoisotopic (exact) mass is 267 g/mol. The third-order valence-corrected chi connectivity index (χ3v) is 3.76. The minimum Gasteiger partial charge on any atom is -0.497 e. The van der Waals surface area contributed by atoms with E-state index in [0.717, 1.165) is 17.9 Å². The fourth-order valence-corrected chi connectivity index (χ4v) is 2.78. The first-order valence-corrected chi connectivity index (χ1v) is 6.66. The van der Waals surface area contributed by atoms with Crippen molar-refractivity contribution >= 4 is 5.71 Å². The lowest BCUT2D eigenvalue weighted by Crippen LogP contribution is -2.09. The number of ether oxygens (including phenoxy) is 1. The number of hydrogen-bond donors (Lipinski definition) is 0. The lowest BCUT2D eigenvalue weighted by atomic mass is 9.94. The van der Waals surface area contributed by atoms with Gasteiger partial charge < -0.3 is 9.57 Å². The molecule has 0 aromatic heterocycles. The van der Waals surface area contributed by atoms with Gasteiger partial charge in [-0.3, -0.25) is 0 Å². The van der Waals surface area contributed by atoms with Crippen molar-refractivity contribution in [2.75, 3.05) is 14.2 Å². The van der Waals surface area contributed by atoms with Crippen molar-refractivity contribution in [2.24, 2.45) is 5.16 Å². The molecule has 0 amide bonds. The summed E-state index contributed by atoms with van der Waals surface area (Å²) in [6.07, 6.45) is 0.963. The lowest BCUT2D eigenvalue weighted by Gasteiger charge is -2.12. The highest BCUT2D eigenvalue weighted by Gasteiger charge is 2.30. The molecule has 0 heterocycles. The van der Waals surface area contributed by atoms with Crippen LogP contribution in [-0.4, -0.2) is 19.9 Å². The minimum atomic E-state index is 0.248. The predicted molar refractivity (Wildman–Crippen MR) is 79.4 cm³/mol. The van der Waals surface area contributed by atoms with Crippen molar-refractivity contribution in [1.29, 1.82) is 0 Å². The Bertz CT molecular complexity index is 632. The quantitative estimate of drug-likeness (QED) is 0.798. The Morgan fingerprint density at radius 1 is 1.00 bits per heavy atom. The summed E-state index contributed by atoms with van der Waals surface area (Å²) in [7, 11) is 3.28. The van der Waals surface area contributed by atoms with E-state index in [1.807, 2.05) is 18.2 Å². The molecule has 0 aliphatic heterocycles. The molecule has 0 unspecified atom stereocenters. The van der Waals surface area contributed by atoms with E-state index in [1.165, 1.54) is 16.7 Å². The van der Waals surface area contributed by atoms with E-state index in [4.69, 9.17) is 9.57 Å². The van der Waals surface area contributed by atoms with Crippen LogP contribution in [0, 0.1) is 0 Å². The standard InChI is InChI=1S/C17H17NO2/c1-19-14-9-7-12(8-10-14)16-11-13-5-3-4-6-15(13)17(16)18-20-2/h3-10,16H,11H2,1-2H3/b18-17+/t16-/m0/s1. The van der Waals surface area contributed by atoms with E-state index >= 15 is 0 Å². The van der Waals surface area contributed by atoms with E-state index in [9.17, 15) is 0 Å². The van der Waals surface area contributed by atoms with Crippen LogP contribution in [0.3, 0.4) is 0 Å². The predicted octanol–water partition coefficient (Wildman–Crippen LogP) is 3.39. The van der Waals surface area contributed by atoms with Crippen molar-refractivity contribution in [3.8, 4) is 5.75 Å². The number of oxime groups is 1. The molecule has 102 valence electrons. The molecule has 1 atom stereocenters. The van der Waals surface area contributed by atoms with Gasteiger partial charge in [-0.15, -0.1) is 0 Å². The van der Waals surface area contributed by atoms with Gasteiger partial charge in [-0.2, -0.15) is 0 Å². The Morgan fingerprint density at radius 3 is 2.45 bits per heavy atom. The minimum absolute atomic E-state index is 0.248. The third-order valence-electron chi connectivity index (χ3n) is 3.76. The molecule has 1 aliphatic carbocycles. The molecule has 0 radical (unpaired) electrons. The number of hydrogen-bond acceptors (Lipinski definition) is 3. The molecule has 3 rings (SSSR count). The van der Waals surface area contributed by atoms with Crippen molar-refractivity contribution in [2.45, 2.75) is 12.3 Å². The van der Waals surface area contributed by atoms with Crippen LogP contribution < -0.4 is 4.74 Å². The fraction of sp³-hybridized carbons (Fsp3) is 0.235. The summed E-state index contributed by atoms with van der Waals surface area (Å²) < 4.78 is 5.21. The highest BCUT2D eigenvalue weighted by molar-refractivity contribution is 6.08. The maximum Gasteiger partial charge on any atom is 0.118 e. The summed E-state index contributed by atoms with van der Waals surface area (Å²) in [5.41, 5.74) is 4.75. The van der Waals surface area contributed by atoms with Gasteiger partial charge in [0.05, 0.1) is 12.8 Å². The molecule has 0 bridgehead atoms. The second kappa shape index (κ2) is 5.37. The van der Waals surface area contributed by atoms with E-state index in [1.54, 1.807) is 14.2 Å². The summed E-state index contributed by atoms with van der Waals surface area (Å²) in [6.45, 7) is 0. The number of benzene rings is 2. The SMILES string of the molecule is CO/N=C1\c2ccccc2C[C@H]1c1ccc(OC)cc1. The van der Waals surface area contributed by atoms with E-state index < -0.39 is 0 Å². The molecule has 0 N–H and O–H groups in total. The summed E-state index contributed by atoms with van der Waals surface area (Å²) in [5.74, 6) is 1.12. The lowest BCUT2D eigenvalue weighted by molar-refractivity contribution is 0.212. The highest BCUT2D eigenvalue weighted by atomic mass is 16.6. The van der Waals surface area contributed by atoms with Crippen LogP contribution in [0.1, 0.15) is 22.6 Å². The zero-order valence-electron chi connectivity index (χ0n) is 11.7. The molecule has 2 aromatic carbocycles. The average Bonchev–Trinajstić information content (AvgIpc) is 2.87. The van der Waals surface area contributed by atoms with Crippen molar-refractivity contribution < 1.29 is 9.57 Å². The summed E-state index contributed by atoms with van der Waals surface area (Å²) in [4.78, 5) is 5.04. The molecule has 3 nitrogen and oxygen atoms in total. The van der Waals surface area contributed by atoms with Crippen molar-refractivity contribution in [1.82, 2.24) is 0 Å². The van der Waals surface area contributed by atoms with Gasteiger partial charge in [0, 0.05) is 11.5 Å². The van der Waals surface area contributed by atoms with E-state index in [0.29, 0.717) is 0 Å². The van der Waals surface area contributed by atoms with Gasteiger partial charge in [0.2, 0.25) is 0 Å². The number of fused-ring (bicyclic) bond motifs is 1. The van der Waals surface area contributed by atoms with E-state index in [-0.39, 0.29) is 5.92 Å². The Balaban J connectivity index is 1.99. The van der Waals surface area contributed by atoms with E-state index in [2.05, 4.69) is 35.5 Å². The zero-order chi connectivity index (χ0) is 13.9. The van der Waals surface area contributed by atoms with Crippen molar-refractivity contribution in [3.05, 3.63) is 65.2 Å². The van der Waals surface area contributed by atoms with Crippen LogP contribution in [0.2, 0.25) is 0 Å². The second-order valence-corrected chi connectivity index (χ2v) is 4.85. The maximum absolute atomic E-state index is 5.21. The first kappa shape index (κ1) is 12.7. The highest BCUT2D eigenvalue weighted by Crippen LogP contribution is 2.35. The van der Waals surface area contributed by atoms with Crippen LogP contribution in [0.25, 0.3) is 0 Å². The van der Waals surface area contributed by atoms with Gasteiger partial charge in [-0.25, -0.2) is 0 Å². The molecule has 2 aromatic rings. The molecule has 20 heavy (non-hydrogen) atoms. The maximum atomic E-state index is 5.21. The topological polar surface area (TPSA) is 30.8 Å². The molecular weight excluding hydrogens is 250 g/mol. The van der Waals surface area contributed by atoms with Gasteiger partial charge in [0.25, 0.3) is 0 Å². The van der Waals surface area contributed by atoms with Crippen LogP contribution in [0.5, 0.6) is 5.75 Å². The molecule has 0 spiro atoms. The van der Waals surface area contributed by atoms with Crippen LogP contribution in [-0.2, 0) is 11.3 Å². The van der Waals surface area contributed by atoms with Crippen LogP contribution in [0.15, 0.2) is 53.7 Å². The normalized spacial score (nSPS) is 18.9. The Morgan fingerprint density at radius 2 is 1.75 bits per heavy atom. The van der Waals surface area contributed by atoms with Crippen molar-refractivity contribution in [3.63, 3.8) is 0 Å². The van der Waals surface area contributed by atoms with Gasteiger partial charge in [0.15, 0.2) is 0 Å². The average molecular weight is 267 g/mol. The third kappa shape index (κ3) is 2.16. The number of rotatable bonds is 3. The largest absolute Gasteiger partial charge is 0.497 e. The smallest absolute Gasteiger partial charge is 0.118 e. The fourth-order valence-electron chi connectivity index (χ4n) is 2.78. The second-order valence-electron chi connectivity index (χ2n) is 4.85. The number of methoxy groups -OCH3 is 1. The Kier molecular flexibility index (Phi) is 3.42. The van der Waals surface area contributed by atoms with Gasteiger partial charge >= 0.3 is 0 Å². The molecule has 1 aliphatic rings. The molecular formula is C17H17NO2. The van der Waals surface area contributed by atoms with Crippen LogP contribution >= 0.6 is 0 Å². The molecule has 0 fully saturated rings. The van der Waals surface area contributed by atoms with Gasteiger partial charge in [-0.1, -0.05) is 41.6 Å². The molecule has 3 heteroatoms. The zero-order valence-corrected chi connectivity index (χ0v) is 11.7. The Hall–Kier alpha value is -2.29. The summed E-state index contributed by atoms with van der Waals surface area (Å²) in [5, 5.41) is 4.25. The van der Waals surface area contributed by atoms with Crippen LogP contribution in [0.4, 0.5) is 0 Å².